The van der Waals surface area contributed by atoms with E-state index in [1.54, 1.807) is 25.2 Å². The van der Waals surface area contributed by atoms with Gasteiger partial charge in [-0.15, -0.1) is 0 Å². The van der Waals surface area contributed by atoms with Gasteiger partial charge in [-0.1, -0.05) is 35.9 Å². The molecule has 0 bridgehead atoms. The van der Waals surface area contributed by atoms with Crippen molar-refractivity contribution >= 4 is 23.4 Å². The summed E-state index contributed by atoms with van der Waals surface area (Å²) in [6, 6.07) is 3.49. The van der Waals surface area contributed by atoms with Gasteiger partial charge in [-0.05, 0) is 31.5 Å². The summed E-state index contributed by atoms with van der Waals surface area (Å²) in [5.41, 5.74) is 0.574. The van der Waals surface area contributed by atoms with Crippen LogP contribution in [0, 0.1) is 5.82 Å². The SMILES string of the molecule is C/C=C/C=C/C(=O)N(CC(=O)NC)C(C)c1ccc(F)cc1Cl. The van der Waals surface area contributed by atoms with Crippen molar-refractivity contribution in [3.05, 3.63) is 58.9 Å². The van der Waals surface area contributed by atoms with E-state index < -0.39 is 11.9 Å². The topological polar surface area (TPSA) is 49.4 Å². The fourth-order valence-corrected chi connectivity index (χ4v) is 2.32. The molecule has 0 saturated carbocycles. The quantitative estimate of drug-likeness (QED) is 0.639. The lowest BCUT2D eigenvalue weighted by atomic mass is 10.1. The molecule has 0 aliphatic carbocycles. The second kappa shape index (κ2) is 9.10. The van der Waals surface area contributed by atoms with E-state index in [9.17, 15) is 14.0 Å². The molecule has 1 unspecified atom stereocenters. The van der Waals surface area contributed by atoms with Gasteiger partial charge in [-0.2, -0.15) is 0 Å². The Morgan fingerprint density at radius 1 is 1.39 bits per heavy atom. The molecule has 23 heavy (non-hydrogen) atoms. The van der Waals surface area contributed by atoms with Crippen molar-refractivity contribution in [2.24, 2.45) is 0 Å². The number of rotatable bonds is 6. The fraction of sp³-hybridized carbons (Fsp3) is 0.294. The second-order valence-corrected chi connectivity index (χ2v) is 5.27. The number of hydrogen-bond acceptors (Lipinski definition) is 2. The number of amides is 2. The number of nitrogens with zero attached hydrogens (tertiary/aromatic N) is 1. The number of allylic oxidation sites excluding steroid dienone is 3. The van der Waals surface area contributed by atoms with Crippen LogP contribution >= 0.6 is 11.6 Å². The van der Waals surface area contributed by atoms with Gasteiger partial charge in [-0.25, -0.2) is 4.39 Å². The summed E-state index contributed by atoms with van der Waals surface area (Å²) in [6.45, 7) is 3.45. The van der Waals surface area contributed by atoms with Crippen LogP contribution in [-0.2, 0) is 9.59 Å². The molecule has 124 valence electrons. The van der Waals surface area contributed by atoms with Crippen LogP contribution in [-0.4, -0.2) is 30.3 Å². The van der Waals surface area contributed by atoms with Crippen molar-refractivity contribution in [3.8, 4) is 0 Å². The number of carbonyl (C=O) groups excluding carboxylic acids is 2. The number of likely N-dealkylation sites (N-methyl/N-ethyl adjacent to an activating group) is 1. The first-order chi connectivity index (χ1) is 10.9. The smallest absolute Gasteiger partial charge is 0.247 e. The molecule has 4 nitrogen and oxygen atoms in total. The van der Waals surface area contributed by atoms with Crippen molar-refractivity contribution in [2.45, 2.75) is 19.9 Å². The summed E-state index contributed by atoms with van der Waals surface area (Å²) >= 11 is 6.06. The largest absolute Gasteiger partial charge is 0.358 e. The third-order valence-corrected chi connectivity index (χ3v) is 3.63. The lowest BCUT2D eigenvalue weighted by Gasteiger charge is -2.28. The molecule has 1 atom stereocenters. The van der Waals surface area contributed by atoms with E-state index in [2.05, 4.69) is 5.32 Å². The average Bonchev–Trinajstić information content (AvgIpc) is 2.51. The molecule has 1 N–H and O–H groups in total. The Hall–Kier alpha value is -2.14. The Bertz CT molecular complexity index is 629. The zero-order chi connectivity index (χ0) is 17.4. The van der Waals surface area contributed by atoms with Crippen LogP contribution in [0.15, 0.2) is 42.5 Å². The molecule has 0 heterocycles. The molecule has 0 fully saturated rings. The van der Waals surface area contributed by atoms with Crippen molar-refractivity contribution in [1.29, 1.82) is 0 Å². The van der Waals surface area contributed by atoms with E-state index >= 15 is 0 Å². The van der Waals surface area contributed by atoms with Crippen LogP contribution in [0.25, 0.3) is 0 Å². The predicted octanol–water partition coefficient (Wildman–Crippen LogP) is 3.25. The molecule has 1 aromatic carbocycles. The first-order valence-electron chi connectivity index (χ1n) is 7.16. The van der Waals surface area contributed by atoms with E-state index in [1.165, 1.54) is 36.2 Å². The maximum Gasteiger partial charge on any atom is 0.247 e. The van der Waals surface area contributed by atoms with Gasteiger partial charge in [-0.3, -0.25) is 9.59 Å². The Balaban J connectivity index is 3.11. The number of benzene rings is 1. The van der Waals surface area contributed by atoms with E-state index in [4.69, 9.17) is 11.6 Å². The van der Waals surface area contributed by atoms with Gasteiger partial charge in [0.25, 0.3) is 0 Å². The van der Waals surface area contributed by atoms with Crippen LogP contribution in [0.3, 0.4) is 0 Å². The van der Waals surface area contributed by atoms with Crippen LogP contribution in [0.1, 0.15) is 25.5 Å². The maximum absolute atomic E-state index is 13.2. The molecule has 2 amide bonds. The van der Waals surface area contributed by atoms with E-state index in [-0.39, 0.29) is 23.4 Å². The molecule has 0 saturated heterocycles. The Morgan fingerprint density at radius 3 is 2.65 bits per heavy atom. The summed E-state index contributed by atoms with van der Waals surface area (Å²) in [7, 11) is 1.50. The first kappa shape index (κ1) is 18.9. The minimum atomic E-state index is -0.483. The minimum absolute atomic E-state index is 0.121. The summed E-state index contributed by atoms with van der Waals surface area (Å²) in [4.78, 5) is 25.4. The zero-order valence-electron chi connectivity index (χ0n) is 13.3. The normalized spacial score (nSPS) is 12.6. The summed E-state index contributed by atoms with van der Waals surface area (Å²) in [5, 5.41) is 2.70. The molecular weight excluding hydrogens is 319 g/mol. The van der Waals surface area contributed by atoms with Crippen LogP contribution < -0.4 is 5.32 Å². The van der Waals surface area contributed by atoms with E-state index in [1.807, 2.05) is 6.92 Å². The Kier molecular flexibility index (Phi) is 7.48. The maximum atomic E-state index is 13.2. The highest BCUT2D eigenvalue weighted by molar-refractivity contribution is 6.31. The molecule has 0 aliphatic heterocycles. The van der Waals surface area contributed by atoms with Gasteiger partial charge in [0.2, 0.25) is 11.8 Å². The first-order valence-corrected chi connectivity index (χ1v) is 7.54. The van der Waals surface area contributed by atoms with Crippen molar-refractivity contribution in [1.82, 2.24) is 10.2 Å². The van der Waals surface area contributed by atoms with Crippen molar-refractivity contribution < 1.29 is 14.0 Å². The molecule has 1 rings (SSSR count). The zero-order valence-corrected chi connectivity index (χ0v) is 14.1. The fourth-order valence-electron chi connectivity index (χ4n) is 1.99. The third-order valence-electron chi connectivity index (χ3n) is 3.30. The second-order valence-electron chi connectivity index (χ2n) is 4.87. The lowest BCUT2D eigenvalue weighted by molar-refractivity contribution is -0.134. The van der Waals surface area contributed by atoms with Gasteiger partial charge < -0.3 is 10.2 Å². The van der Waals surface area contributed by atoms with Crippen LogP contribution in [0.2, 0.25) is 5.02 Å². The Morgan fingerprint density at radius 2 is 2.09 bits per heavy atom. The van der Waals surface area contributed by atoms with Gasteiger partial charge in [0.05, 0.1) is 6.04 Å². The van der Waals surface area contributed by atoms with Crippen LogP contribution in [0.5, 0.6) is 0 Å². The highest BCUT2D eigenvalue weighted by atomic mass is 35.5. The summed E-state index contributed by atoms with van der Waals surface area (Å²) in [5.74, 6) is -1.09. The van der Waals surface area contributed by atoms with E-state index in [0.717, 1.165) is 0 Å². The monoisotopic (exact) mass is 338 g/mol. The van der Waals surface area contributed by atoms with Crippen molar-refractivity contribution in [3.63, 3.8) is 0 Å². The molecular formula is C17H20ClFN2O2. The standard InChI is InChI=1S/C17H20ClFN2O2/c1-4-5-6-7-17(23)21(11-16(22)20-3)12(2)14-9-8-13(19)10-15(14)18/h4-10,12H,11H2,1-3H3,(H,20,22)/b5-4+,7-6+. The predicted molar refractivity (Wildman–Crippen MR) is 89.6 cm³/mol. The van der Waals surface area contributed by atoms with Gasteiger partial charge in [0.15, 0.2) is 0 Å². The number of hydrogen-bond donors (Lipinski definition) is 1. The molecule has 0 spiro atoms. The summed E-state index contributed by atoms with van der Waals surface area (Å²) < 4.78 is 13.2. The highest BCUT2D eigenvalue weighted by Gasteiger charge is 2.23. The molecule has 6 heteroatoms. The Labute approximate surface area is 140 Å². The van der Waals surface area contributed by atoms with Crippen LogP contribution in [0.4, 0.5) is 4.39 Å². The molecule has 0 radical (unpaired) electrons. The van der Waals surface area contributed by atoms with Gasteiger partial charge in [0.1, 0.15) is 12.4 Å². The highest BCUT2D eigenvalue weighted by Crippen LogP contribution is 2.28. The number of nitrogens with one attached hydrogen (secondary N) is 1. The third kappa shape index (κ3) is 5.53. The number of halogens is 2. The summed E-state index contributed by atoms with van der Waals surface area (Å²) in [6.07, 6.45) is 6.47. The lowest BCUT2D eigenvalue weighted by Crippen LogP contribution is -2.40. The molecule has 1 aromatic rings. The van der Waals surface area contributed by atoms with Gasteiger partial charge in [0, 0.05) is 18.1 Å². The van der Waals surface area contributed by atoms with Gasteiger partial charge >= 0.3 is 0 Å². The van der Waals surface area contributed by atoms with Crippen molar-refractivity contribution in [2.75, 3.05) is 13.6 Å². The number of carbonyl (C=O) groups is 2. The average molecular weight is 339 g/mol. The molecule has 0 aliphatic rings. The van der Waals surface area contributed by atoms with E-state index in [0.29, 0.717) is 5.56 Å². The molecule has 0 aromatic heterocycles. The minimum Gasteiger partial charge on any atom is -0.358 e.